The van der Waals surface area contributed by atoms with Crippen LogP contribution in [0.5, 0.6) is 0 Å². The Morgan fingerprint density at radius 2 is 2.31 bits per heavy atom. The lowest BCUT2D eigenvalue weighted by molar-refractivity contribution is -0.115. The molecule has 0 aliphatic carbocycles. The van der Waals surface area contributed by atoms with Crippen LogP contribution < -0.4 is 0 Å². The Morgan fingerprint density at radius 3 is 2.69 bits per heavy atom. The number of rotatable bonds is 4. The molecule has 1 rings (SSSR count). The molecule has 3 nitrogen and oxygen atoms in total. The van der Waals surface area contributed by atoms with Gasteiger partial charge >= 0.3 is 0 Å². The van der Waals surface area contributed by atoms with E-state index in [1.165, 1.54) is 11.5 Å². The van der Waals surface area contributed by atoms with Crippen molar-refractivity contribution in [1.82, 2.24) is 9.59 Å². The standard InChI is InChI=1S/C9H14N2OS/c1-4-9(3,6-12)5-8-7(2)10-11-13-8/h6H,4-5H2,1-3H3. The van der Waals surface area contributed by atoms with Crippen LogP contribution in [0.15, 0.2) is 0 Å². The van der Waals surface area contributed by atoms with E-state index in [-0.39, 0.29) is 5.41 Å². The van der Waals surface area contributed by atoms with E-state index in [1.807, 2.05) is 20.8 Å². The third-order valence-electron chi connectivity index (χ3n) is 2.40. The molecule has 1 heterocycles. The van der Waals surface area contributed by atoms with E-state index in [9.17, 15) is 4.79 Å². The third kappa shape index (κ3) is 2.34. The summed E-state index contributed by atoms with van der Waals surface area (Å²) in [5.74, 6) is 0. The van der Waals surface area contributed by atoms with E-state index in [1.54, 1.807) is 0 Å². The smallest absolute Gasteiger partial charge is 0.126 e. The van der Waals surface area contributed by atoms with E-state index in [4.69, 9.17) is 0 Å². The molecule has 0 aliphatic rings. The topological polar surface area (TPSA) is 42.9 Å². The molecule has 0 fully saturated rings. The van der Waals surface area contributed by atoms with Gasteiger partial charge in [0.2, 0.25) is 0 Å². The summed E-state index contributed by atoms with van der Waals surface area (Å²) < 4.78 is 3.85. The molecule has 0 radical (unpaired) electrons. The average Bonchev–Trinajstić information content (AvgIpc) is 2.52. The van der Waals surface area contributed by atoms with Crippen molar-refractivity contribution in [2.24, 2.45) is 5.41 Å². The van der Waals surface area contributed by atoms with Crippen molar-refractivity contribution in [1.29, 1.82) is 0 Å². The van der Waals surface area contributed by atoms with Crippen molar-refractivity contribution in [3.8, 4) is 0 Å². The lowest BCUT2D eigenvalue weighted by Crippen LogP contribution is -2.19. The average molecular weight is 198 g/mol. The van der Waals surface area contributed by atoms with Gasteiger partial charge in [-0.25, -0.2) is 0 Å². The molecule has 1 aromatic rings. The van der Waals surface area contributed by atoms with Gasteiger partial charge in [0.05, 0.1) is 5.69 Å². The highest BCUT2D eigenvalue weighted by atomic mass is 32.1. The molecule has 0 aliphatic heterocycles. The second kappa shape index (κ2) is 3.96. The molecule has 0 N–H and O–H groups in total. The maximum absolute atomic E-state index is 10.9. The van der Waals surface area contributed by atoms with Gasteiger partial charge in [-0.05, 0) is 31.3 Å². The van der Waals surface area contributed by atoms with Crippen LogP contribution in [0.2, 0.25) is 0 Å². The van der Waals surface area contributed by atoms with E-state index >= 15 is 0 Å². The number of carbonyl (C=O) groups excluding carboxylic acids is 1. The van der Waals surface area contributed by atoms with Crippen LogP contribution in [0.25, 0.3) is 0 Å². The second-order valence-corrected chi connectivity index (χ2v) is 4.42. The summed E-state index contributed by atoms with van der Waals surface area (Å²) in [6.07, 6.45) is 2.65. The highest BCUT2D eigenvalue weighted by molar-refractivity contribution is 7.05. The van der Waals surface area contributed by atoms with Crippen molar-refractivity contribution < 1.29 is 4.79 Å². The number of nitrogens with zero attached hydrogens (tertiary/aromatic N) is 2. The number of hydrogen-bond donors (Lipinski definition) is 0. The Hall–Kier alpha value is -0.770. The van der Waals surface area contributed by atoms with Crippen LogP contribution in [0.1, 0.15) is 30.8 Å². The van der Waals surface area contributed by atoms with Gasteiger partial charge in [0, 0.05) is 10.3 Å². The summed E-state index contributed by atoms with van der Waals surface area (Å²) in [5.41, 5.74) is 0.699. The van der Waals surface area contributed by atoms with Gasteiger partial charge in [-0.2, -0.15) is 0 Å². The van der Waals surface area contributed by atoms with Crippen LogP contribution >= 0.6 is 11.5 Å². The number of aldehydes is 1. The molecular formula is C9H14N2OS. The summed E-state index contributed by atoms with van der Waals surface area (Å²) in [6, 6.07) is 0. The number of aryl methyl sites for hydroxylation is 1. The van der Waals surface area contributed by atoms with E-state index in [0.717, 1.165) is 29.7 Å². The fourth-order valence-corrected chi connectivity index (χ4v) is 1.86. The molecule has 4 heteroatoms. The van der Waals surface area contributed by atoms with Gasteiger partial charge in [-0.15, -0.1) is 5.10 Å². The van der Waals surface area contributed by atoms with Gasteiger partial charge < -0.3 is 4.79 Å². The highest BCUT2D eigenvalue weighted by Crippen LogP contribution is 2.26. The monoisotopic (exact) mass is 198 g/mol. The Balaban J connectivity index is 2.78. The van der Waals surface area contributed by atoms with Gasteiger partial charge in [0.25, 0.3) is 0 Å². The van der Waals surface area contributed by atoms with E-state index in [2.05, 4.69) is 9.59 Å². The minimum Gasteiger partial charge on any atom is -0.303 e. The van der Waals surface area contributed by atoms with Crippen molar-refractivity contribution in [2.45, 2.75) is 33.6 Å². The van der Waals surface area contributed by atoms with E-state index in [0.29, 0.717) is 0 Å². The molecule has 13 heavy (non-hydrogen) atoms. The molecule has 0 bridgehead atoms. The maximum atomic E-state index is 10.9. The molecular weight excluding hydrogens is 184 g/mol. The zero-order chi connectivity index (χ0) is 9.90. The molecule has 72 valence electrons. The molecule has 1 unspecified atom stereocenters. The number of aromatic nitrogens is 2. The normalized spacial score (nSPS) is 15.3. The fourth-order valence-electron chi connectivity index (χ4n) is 1.03. The SMILES string of the molecule is CCC(C)(C=O)Cc1snnc1C. The maximum Gasteiger partial charge on any atom is 0.126 e. The quantitative estimate of drug-likeness (QED) is 0.695. The van der Waals surface area contributed by atoms with Crippen molar-refractivity contribution in [2.75, 3.05) is 0 Å². The zero-order valence-electron chi connectivity index (χ0n) is 8.20. The third-order valence-corrected chi connectivity index (χ3v) is 3.23. The summed E-state index contributed by atoms with van der Waals surface area (Å²) in [5, 5.41) is 3.92. The first-order valence-electron chi connectivity index (χ1n) is 4.35. The first-order chi connectivity index (χ1) is 6.11. The fraction of sp³-hybridized carbons (Fsp3) is 0.667. The summed E-state index contributed by atoms with van der Waals surface area (Å²) in [6.45, 7) is 5.93. The van der Waals surface area contributed by atoms with Crippen LogP contribution in [0.4, 0.5) is 0 Å². The predicted molar refractivity (Wildman–Crippen MR) is 52.8 cm³/mol. The van der Waals surface area contributed by atoms with Crippen LogP contribution in [-0.2, 0) is 11.2 Å². The highest BCUT2D eigenvalue weighted by Gasteiger charge is 2.23. The Kier molecular flexibility index (Phi) is 3.14. The lowest BCUT2D eigenvalue weighted by Gasteiger charge is -2.19. The molecule has 0 aromatic carbocycles. The molecule has 0 amide bonds. The summed E-state index contributed by atoms with van der Waals surface area (Å²) in [4.78, 5) is 12.0. The van der Waals surface area contributed by atoms with Gasteiger partial charge in [-0.1, -0.05) is 18.3 Å². The predicted octanol–water partition coefficient (Wildman–Crippen LogP) is 2.00. The minimum absolute atomic E-state index is 0.251. The second-order valence-electron chi connectivity index (χ2n) is 3.58. The van der Waals surface area contributed by atoms with Crippen molar-refractivity contribution in [3.63, 3.8) is 0 Å². The zero-order valence-corrected chi connectivity index (χ0v) is 9.02. The first-order valence-corrected chi connectivity index (χ1v) is 5.13. The van der Waals surface area contributed by atoms with E-state index < -0.39 is 0 Å². The minimum atomic E-state index is -0.251. The van der Waals surface area contributed by atoms with Gasteiger partial charge in [0.1, 0.15) is 6.29 Å². The Bertz CT molecular complexity index is 298. The summed E-state index contributed by atoms with van der Waals surface area (Å²) in [7, 11) is 0. The first kappa shape index (κ1) is 10.3. The number of carbonyl (C=O) groups is 1. The summed E-state index contributed by atoms with van der Waals surface area (Å²) >= 11 is 1.39. The largest absolute Gasteiger partial charge is 0.303 e. The van der Waals surface area contributed by atoms with Crippen molar-refractivity contribution in [3.05, 3.63) is 10.6 Å². The van der Waals surface area contributed by atoms with Crippen molar-refractivity contribution >= 4 is 17.8 Å². The Labute approximate surface area is 82.3 Å². The number of hydrogen-bond acceptors (Lipinski definition) is 4. The molecule has 1 aromatic heterocycles. The van der Waals surface area contributed by atoms with Gasteiger partial charge in [0.15, 0.2) is 0 Å². The Morgan fingerprint density at radius 1 is 1.62 bits per heavy atom. The molecule has 1 atom stereocenters. The molecule has 0 saturated carbocycles. The van der Waals surface area contributed by atoms with Crippen LogP contribution in [-0.4, -0.2) is 15.9 Å². The van der Waals surface area contributed by atoms with Crippen LogP contribution in [0, 0.1) is 12.3 Å². The molecule has 0 saturated heterocycles. The lowest BCUT2D eigenvalue weighted by atomic mass is 9.85. The van der Waals surface area contributed by atoms with Gasteiger partial charge in [-0.3, -0.25) is 0 Å². The van der Waals surface area contributed by atoms with Crippen LogP contribution in [0.3, 0.4) is 0 Å². The molecule has 0 spiro atoms.